The molecule has 0 aliphatic heterocycles. The van der Waals surface area contributed by atoms with Crippen LogP contribution in [0.2, 0.25) is 0 Å². The lowest BCUT2D eigenvalue weighted by atomic mass is 10.1. The van der Waals surface area contributed by atoms with Gasteiger partial charge in [0.05, 0.1) is 11.4 Å². The molecule has 1 heterocycles. The molecular weight excluding hydrogens is 208 g/mol. The van der Waals surface area contributed by atoms with E-state index < -0.39 is 0 Å². The third-order valence-corrected chi connectivity index (χ3v) is 3.22. The molecule has 2 aromatic rings. The highest BCUT2D eigenvalue weighted by molar-refractivity contribution is 5.36. The van der Waals surface area contributed by atoms with Crippen molar-refractivity contribution in [2.45, 2.75) is 40.0 Å². The summed E-state index contributed by atoms with van der Waals surface area (Å²) in [5, 5.41) is 4.65. The molecule has 0 unspecified atom stereocenters. The Morgan fingerprint density at radius 2 is 1.82 bits per heavy atom. The Labute approximate surface area is 103 Å². The topological polar surface area (TPSA) is 17.8 Å². The Hall–Kier alpha value is -1.57. The molecule has 0 fully saturated rings. The predicted octanol–water partition coefficient (Wildman–Crippen LogP) is 3.83. The van der Waals surface area contributed by atoms with E-state index in [-0.39, 0.29) is 0 Å². The third kappa shape index (κ3) is 2.41. The number of benzene rings is 1. The first-order valence-electron chi connectivity index (χ1n) is 6.34. The molecule has 2 nitrogen and oxygen atoms in total. The molecule has 17 heavy (non-hydrogen) atoms. The molecule has 1 aromatic carbocycles. The minimum absolute atomic E-state index is 1.14. The van der Waals surface area contributed by atoms with Gasteiger partial charge in [0.25, 0.3) is 0 Å². The number of unbranched alkanes of at least 4 members (excludes halogenated alkanes) is 1. The number of rotatable bonds is 4. The fraction of sp³-hybridized carbons (Fsp3) is 0.400. The molecule has 0 aliphatic carbocycles. The van der Waals surface area contributed by atoms with Gasteiger partial charge in [-0.3, -0.25) is 0 Å². The summed E-state index contributed by atoms with van der Waals surface area (Å²) in [7, 11) is 0. The second kappa shape index (κ2) is 5.17. The fourth-order valence-corrected chi connectivity index (χ4v) is 2.21. The Kier molecular flexibility index (Phi) is 3.62. The molecule has 1 aromatic heterocycles. The third-order valence-electron chi connectivity index (χ3n) is 3.22. The molecule has 2 rings (SSSR count). The zero-order chi connectivity index (χ0) is 12.3. The molecule has 0 bridgehead atoms. The number of nitrogens with zero attached hydrogens (tertiary/aromatic N) is 2. The van der Waals surface area contributed by atoms with Crippen molar-refractivity contribution in [1.82, 2.24) is 9.78 Å². The van der Waals surface area contributed by atoms with Crippen molar-refractivity contribution in [3.8, 4) is 5.69 Å². The monoisotopic (exact) mass is 228 g/mol. The van der Waals surface area contributed by atoms with E-state index in [1.807, 2.05) is 6.07 Å². The summed E-state index contributed by atoms with van der Waals surface area (Å²) in [6.45, 7) is 6.50. The van der Waals surface area contributed by atoms with Gasteiger partial charge in [0, 0.05) is 5.69 Å². The van der Waals surface area contributed by atoms with Crippen LogP contribution in [0.3, 0.4) is 0 Å². The molecule has 0 amide bonds. The van der Waals surface area contributed by atoms with Crippen molar-refractivity contribution in [3.63, 3.8) is 0 Å². The van der Waals surface area contributed by atoms with Crippen LogP contribution < -0.4 is 0 Å². The summed E-state index contributed by atoms with van der Waals surface area (Å²) in [6, 6.07) is 10.3. The summed E-state index contributed by atoms with van der Waals surface area (Å²) < 4.78 is 2.06. The summed E-state index contributed by atoms with van der Waals surface area (Å²) in [5.74, 6) is 0. The first-order valence-corrected chi connectivity index (χ1v) is 6.34. The minimum atomic E-state index is 1.14. The summed E-state index contributed by atoms with van der Waals surface area (Å²) >= 11 is 0. The first kappa shape index (κ1) is 11.9. The maximum absolute atomic E-state index is 4.65. The quantitative estimate of drug-likeness (QED) is 0.777. The molecule has 0 radical (unpaired) electrons. The smallest absolute Gasteiger partial charge is 0.0648 e. The van der Waals surface area contributed by atoms with Crippen molar-refractivity contribution >= 4 is 0 Å². The number of para-hydroxylation sites is 1. The SMILES string of the molecule is CCCCc1c(C)nn(-c2ccccc2)c1C. The van der Waals surface area contributed by atoms with E-state index in [4.69, 9.17) is 0 Å². The minimum Gasteiger partial charge on any atom is -0.238 e. The molecule has 2 heteroatoms. The van der Waals surface area contributed by atoms with Gasteiger partial charge in [-0.2, -0.15) is 5.10 Å². The van der Waals surface area contributed by atoms with Crippen molar-refractivity contribution in [2.75, 3.05) is 0 Å². The number of hydrogen-bond acceptors (Lipinski definition) is 1. The second-order valence-corrected chi connectivity index (χ2v) is 4.50. The van der Waals surface area contributed by atoms with E-state index >= 15 is 0 Å². The summed E-state index contributed by atoms with van der Waals surface area (Å²) in [6.07, 6.45) is 3.61. The first-order chi connectivity index (χ1) is 8.24. The van der Waals surface area contributed by atoms with E-state index in [2.05, 4.69) is 54.8 Å². The lowest BCUT2D eigenvalue weighted by molar-refractivity contribution is 0.785. The Balaban J connectivity index is 2.37. The van der Waals surface area contributed by atoms with Crippen LogP contribution in [-0.2, 0) is 6.42 Å². The predicted molar refractivity (Wildman–Crippen MR) is 71.7 cm³/mol. The maximum Gasteiger partial charge on any atom is 0.0648 e. The van der Waals surface area contributed by atoms with Crippen LogP contribution in [0.4, 0.5) is 0 Å². The van der Waals surface area contributed by atoms with Gasteiger partial charge >= 0.3 is 0 Å². The van der Waals surface area contributed by atoms with Gasteiger partial charge in [-0.25, -0.2) is 4.68 Å². The van der Waals surface area contributed by atoms with Crippen molar-refractivity contribution in [2.24, 2.45) is 0 Å². The van der Waals surface area contributed by atoms with Gasteiger partial charge in [-0.1, -0.05) is 31.5 Å². The van der Waals surface area contributed by atoms with Gasteiger partial charge in [-0.05, 0) is 44.4 Å². The Morgan fingerprint density at radius 1 is 1.12 bits per heavy atom. The Bertz CT molecular complexity index is 483. The van der Waals surface area contributed by atoms with Crippen LogP contribution in [0, 0.1) is 13.8 Å². The Morgan fingerprint density at radius 3 is 2.47 bits per heavy atom. The zero-order valence-electron chi connectivity index (χ0n) is 10.9. The van der Waals surface area contributed by atoms with Crippen LogP contribution in [0.15, 0.2) is 30.3 Å². The van der Waals surface area contributed by atoms with Crippen LogP contribution in [0.5, 0.6) is 0 Å². The van der Waals surface area contributed by atoms with E-state index in [0.29, 0.717) is 0 Å². The highest BCUT2D eigenvalue weighted by atomic mass is 15.3. The maximum atomic E-state index is 4.65. The van der Waals surface area contributed by atoms with Crippen molar-refractivity contribution < 1.29 is 0 Å². The van der Waals surface area contributed by atoms with Gasteiger partial charge < -0.3 is 0 Å². The lowest BCUT2D eigenvalue weighted by Gasteiger charge is -2.04. The molecule has 0 spiro atoms. The molecule has 0 aliphatic rings. The normalized spacial score (nSPS) is 10.8. The van der Waals surface area contributed by atoms with E-state index in [1.165, 1.54) is 29.8 Å². The molecule has 0 saturated carbocycles. The number of aryl methyl sites for hydroxylation is 1. The molecule has 0 saturated heterocycles. The largest absolute Gasteiger partial charge is 0.238 e. The van der Waals surface area contributed by atoms with Crippen molar-refractivity contribution in [1.29, 1.82) is 0 Å². The average Bonchev–Trinajstić information content (AvgIpc) is 2.64. The van der Waals surface area contributed by atoms with E-state index in [1.54, 1.807) is 0 Å². The fourth-order valence-electron chi connectivity index (χ4n) is 2.21. The van der Waals surface area contributed by atoms with Gasteiger partial charge in [0.15, 0.2) is 0 Å². The molecule has 90 valence electrons. The highest BCUT2D eigenvalue weighted by Crippen LogP contribution is 2.19. The van der Waals surface area contributed by atoms with E-state index in [9.17, 15) is 0 Å². The van der Waals surface area contributed by atoms with Crippen LogP contribution in [0.25, 0.3) is 5.69 Å². The van der Waals surface area contributed by atoms with E-state index in [0.717, 1.165) is 12.1 Å². The molecule has 0 N–H and O–H groups in total. The molecule has 0 atom stereocenters. The highest BCUT2D eigenvalue weighted by Gasteiger charge is 2.11. The lowest BCUT2D eigenvalue weighted by Crippen LogP contribution is -1.99. The standard InChI is InChI=1S/C15H20N2/c1-4-5-11-15-12(2)16-17(13(15)3)14-9-7-6-8-10-14/h6-10H,4-5,11H2,1-3H3. The van der Waals surface area contributed by atoms with Gasteiger partial charge in [-0.15, -0.1) is 0 Å². The second-order valence-electron chi connectivity index (χ2n) is 4.50. The van der Waals surface area contributed by atoms with Gasteiger partial charge in [0.2, 0.25) is 0 Å². The number of aromatic nitrogens is 2. The average molecular weight is 228 g/mol. The van der Waals surface area contributed by atoms with Crippen LogP contribution in [-0.4, -0.2) is 9.78 Å². The van der Waals surface area contributed by atoms with Crippen LogP contribution in [0.1, 0.15) is 36.7 Å². The van der Waals surface area contributed by atoms with Gasteiger partial charge in [0.1, 0.15) is 0 Å². The summed E-state index contributed by atoms with van der Waals surface area (Å²) in [4.78, 5) is 0. The van der Waals surface area contributed by atoms with Crippen LogP contribution >= 0.6 is 0 Å². The molecular formula is C15H20N2. The zero-order valence-corrected chi connectivity index (χ0v) is 10.9. The summed E-state index contributed by atoms with van der Waals surface area (Å²) in [5.41, 5.74) is 5.01. The van der Waals surface area contributed by atoms with Crippen molar-refractivity contribution in [3.05, 3.63) is 47.3 Å². The number of hydrogen-bond donors (Lipinski definition) is 0.